The van der Waals surface area contributed by atoms with E-state index in [-0.39, 0.29) is 5.91 Å². The van der Waals surface area contributed by atoms with Gasteiger partial charge in [-0.15, -0.1) is 0 Å². The van der Waals surface area contributed by atoms with Crippen LogP contribution >= 0.6 is 27.3 Å². The zero-order valence-corrected chi connectivity index (χ0v) is 18.9. The van der Waals surface area contributed by atoms with Crippen LogP contribution < -0.4 is 9.64 Å². The molecule has 2 aromatic carbocycles. The minimum absolute atomic E-state index is 0.0647. The van der Waals surface area contributed by atoms with Gasteiger partial charge in [0.1, 0.15) is 11.3 Å². The van der Waals surface area contributed by atoms with Crippen LogP contribution in [0.5, 0.6) is 5.75 Å². The van der Waals surface area contributed by atoms with Crippen molar-refractivity contribution in [3.05, 3.63) is 71.2 Å². The fourth-order valence-electron chi connectivity index (χ4n) is 3.16. The first-order chi connectivity index (χ1) is 14.7. The summed E-state index contributed by atoms with van der Waals surface area (Å²) in [7, 11) is 0. The molecule has 0 unspecified atom stereocenters. The van der Waals surface area contributed by atoms with E-state index in [0.717, 1.165) is 33.4 Å². The van der Waals surface area contributed by atoms with Gasteiger partial charge in [-0.05, 0) is 49.7 Å². The van der Waals surface area contributed by atoms with Crippen LogP contribution in [0.15, 0.2) is 65.7 Å². The Morgan fingerprint density at radius 1 is 1.23 bits per heavy atom. The molecular weight excluding hydrogens is 464 g/mol. The monoisotopic (exact) mass is 484 g/mol. The summed E-state index contributed by atoms with van der Waals surface area (Å²) < 4.78 is 9.67. The van der Waals surface area contributed by atoms with E-state index in [1.54, 1.807) is 17.4 Å². The SMILES string of the molecule is CCOc1cccc2sc(N(CCCn3ccnc3)C(=O)c3ccc(Br)cc3)nc12. The highest BCUT2D eigenvalue weighted by Gasteiger charge is 2.22. The number of nitrogens with zero attached hydrogens (tertiary/aromatic N) is 4. The van der Waals surface area contributed by atoms with Gasteiger partial charge < -0.3 is 9.30 Å². The van der Waals surface area contributed by atoms with Crippen molar-refractivity contribution in [2.75, 3.05) is 18.1 Å². The number of anilines is 1. The van der Waals surface area contributed by atoms with E-state index < -0.39 is 0 Å². The summed E-state index contributed by atoms with van der Waals surface area (Å²) in [6.07, 6.45) is 6.25. The quantitative estimate of drug-likeness (QED) is 0.336. The summed E-state index contributed by atoms with van der Waals surface area (Å²) in [5.74, 6) is 0.678. The van der Waals surface area contributed by atoms with Crippen molar-refractivity contribution in [1.82, 2.24) is 14.5 Å². The molecule has 0 fully saturated rings. The number of amides is 1. The number of ether oxygens (including phenoxy) is 1. The normalized spacial score (nSPS) is 11.0. The summed E-state index contributed by atoms with van der Waals surface area (Å²) in [6.45, 7) is 3.85. The van der Waals surface area contributed by atoms with Crippen LogP contribution in [0.2, 0.25) is 0 Å². The second-order valence-electron chi connectivity index (χ2n) is 6.65. The average Bonchev–Trinajstić information content (AvgIpc) is 3.42. The zero-order valence-electron chi connectivity index (χ0n) is 16.5. The van der Waals surface area contributed by atoms with Gasteiger partial charge >= 0.3 is 0 Å². The largest absolute Gasteiger partial charge is 0.492 e. The number of hydrogen-bond acceptors (Lipinski definition) is 5. The fourth-order valence-corrected chi connectivity index (χ4v) is 4.43. The molecule has 4 aromatic rings. The third-order valence-corrected chi connectivity index (χ3v) is 6.17. The molecule has 0 atom stereocenters. The van der Waals surface area contributed by atoms with E-state index in [1.165, 1.54) is 11.3 Å². The summed E-state index contributed by atoms with van der Waals surface area (Å²) in [4.78, 5) is 24.0. The van der Waals surface area contributed by atoms with Crippen LogP contribution in [0.1, 0.15) is 23.7 Å². The number of imidazole rings is 1. The van der Waals surface area contributed by atoms with E-state index >= 15 is 0 Å². The minimum Gasteiger partial charge on any atom is -0.492 e. The number of para-hydroxylation sites is 1. The first-order valence-electron chi connectivity index (χ1n) is 9.71. The van der Waals surface area contributed by atoms with E-state index in [1.807, 2.05) is 60.2 Å². The second kappa shape index (κ2) is 9.40. The lowest BCUT2D eigenvalue weighted by Crippen LogP contribution is -2.32. The Balaban J connectivity index is 1.65. The highest BCUT2D eigenvalue weighted by Crippen LogP contribution is 2.35. The topological polar surface area (TPSA) is 60.2 Å². The predicted octanol–water partition coefficient (Wildman–Crippen LogP) is 5.39. The molecule has 2 heterocycles. The molecule has 1 amide bonds. The number of benzene rings is 2. The maximum atomic E-state index is 13.4. The lowest BCUT2D eigenvalue weighted by molar-refractivity contribution is 0.0986. The number of thiazole rings is 1. The van der Waals surface area contributed by atoms with Gasteiger partial charge in [0.15, 0.2) is 5.13 Å². The number of carbonyl (C=O) groups excluding carboxylic acids is 1. The van der Waals surface area contributed by atoms with Crippen molar-refractivity contribution in [2.45, 2.75) is 19.9 Å². The smallest absolute Gasteiger partial charge is 0.260 e. The Morgan fingerprint density at radius 3 is 2.80 bits per heavy atom. The molecule has 30 heavy (non-hydrogen) atoms. The summed E-state index contributed by atoms with van der Waals surface area (Å²) in [5.41, 5.74) is 1.42. The lowest BCUT2D eigenvalue weighted by Gasteiger charge is -2.20. The number of aryl methyl sites for hydroxylation is 1. The van der Waals surface area contributed by atoms with Crippen LogP contribution in [-0.4, -0.2) is 33.6 Å². The number of aromatic nitrogens is 3. The van der Waals surface area contributed by atoms with Gasteiger partial charge in [0.05, 0.1) is 17.6 Å². The van der Waals surface area contributed by atoms with Gasteiger partial charge in [-0.2, -0.15) is 0 Å². The van der Waals surface area contributed by atoms with Crippen LogP contribution in [0.4, 0.5) is 5.13 Å². The molecule has 4 rings (SSSR count). The van der Waals surface area contributed by atoms with Gasteiger partial charge in [0.2, 0.25) is 0 Å². The van der Waals surface area contributed by atoms with Gasteiger partial charge in [-0.25, -0.2) is 9.97 Å². The lowest BCUT2D eigenvalue weighted by atomic mass is 10.2. The Hall–Kier alpha value is -2.71. The van der Waals surface area contributed by atoms with E-state index in [4.69, 9.17) is 9.72 Å². The van der Waals surface area contributed by atoms with Gasteiger partial charge in [0.25, 0.3) is 5.91 Å². The van der Waals surface area contributed by atoms with Crippen molar-refractivity contribution >= 4 is 48.5 Å². The first-order valence-corrected chi connectivity index (χ1v) is 11.3. The highest BCUT2D eigenvalue weighted by molar-refractivity contribution is 9.10. The van der Waals surface area contributed by atoms with Gasteiger partial charge in [0, 0.05) is 35.5 Å². The maximum Gasteiger partial charge on any atom is 0.260 e. The summed E-state index contributed by atoms with van der Waals surface area (Å²) in [5, 5.41) is 0.677. The molecule has 0 aliphatic rings. The predicted molar refractivity (Wildman–Crippen MR) is 123 cm³/mol. The van der Waals surface area contributed by atoms with E-state index in [2.05, 4.69) is 20.9 Å². The molecule has 0 radical (unpaired) electrons. The molecule has 2 aromatic heterocycles. The molecule has 8 heteroatoms. The Bertz CT molecular complexity index is 1130. The number of hydrogen-bond donors (Lipinski definition) is 0. The van der Waals surface area contributed by atoms with Crippen molar-refractivity contribution in [1.29, 1.82) is 0 Å². The Kier molecular flexibility index (Phi) is 6.44. The average molecular weight is 485 g/mol. The van der Waals surface area contributed by atoms with Crippen molar-refractivity contribution < 1.29 is 9.53 Å². The molecule has 154 valence electrons. The van der Waals surface area contributed by atoms with Crippen LogP contribution in [0.25, 0.3) is 10.2 Å². The Labute approximate surface area is 187 Å². The first kappa shape index (κ1) is 20.6. The van der Waals surface area contributed by atoms with Gasteiger partial charge in [-0.3, -0.25) is 9.69 Å². The third kappa shape index (κ3) is 4.55. The number of halogens is 1. The number of carbonyl (C=O) groups is 1. The van der Waals surface area contributed by atoms with E-state index in [9.17, 15) is 4.79 Å². The number of rotatable bonds is 8. The molecule has 0 N–H and O–H groups in total. The molecule has 0 spiro atoms. The van der Waals surface area contributed by atoms with Crippen molar-refractivity contribution in [3.8, 4) is 5.75 Å². The van der Waals surface area contributed by atoms with Crippen LogP contribution in [0.3, 0.4) is 0 Å². The third-order valence-electron chi connectivity index (χ3n) is 4.59. The van der Waals surface area contributed by atoms with Crippen LogP contribution in [-0.2, 0) is 6.54 Å². The van der Waals surface area contributed by atoms with Crippen molar-refractivity contribution in [2.24, 2.45) is 0 Å². The van der Waals surface area contributed by atoms with Crippen molar-refractivity contribution in [3.63, 3.8) is 0 Å². The fraction of sp³-hybridized carbons (Fsp3) is 0.227. The maximum absolute atomic E-state index is 13.4. The molecule has 0 saturated heterocycles. The van der Waals surface area contributed by atoms with E-state index in [0.29, 0.717) is 23.8 Å². The Morgan fingerprint density at radius 2 is 2.07 bits per heavy atom. The molecule has 0 bridgehead atoms. The molecule has 6 nitrogen and oxygen atoms in total. The minimum atomic E-state index is -0.0647. The molecule has 0 aliphatic carbocycles. The zero-order chi connectivity index (χ0) is 20.9. The highest BCUT2D eigenvalue weighted by atomic mass is 79.9. The molecular formula is C22H21BrN4O2S. The summed E-state index contributed by atoms with van der Waals surface area (Å²) in [6, 6.07) is 13.3. The summed E-state index contributed by atoms with van der Waals surface area (Å²) >= 11 is 4.93. The second-order valence-corrected chi connectivity index (χ2v) is 8.57. The van der Waals surface area contributed by atoms with Gasteiger partial charge in [-0.1, -0.05) is 33.3 Å². The molecule has 0 saturated carbocycles. The van der Waals surface area contributed by atoms with Crippen LogP contribution in [0, 0.1) is 0 Å². The molecule has 0 aliphatic heterocycles. The number of fused-ring (bicyclic) bond motifs is 1. The standard InChI is InChI=1S/C22H21BrN4O2S/c1-2-29-18-5-3-6-19-20(18)25-22(30-19)27(13-4-12-26-14-11-24-15-26)21(28)16-7-9-17(23)10-8-16/h3,5-11,14-15H,2,4,12-13H2,1H3.